The Morgan fingerprint density at radius 3 is 2.50 bits per heavy atom. The zero-order valence-electron chi connectivity index (χ0n) is 10.9. The van der Waals surface area contributed by atoms with Crippen LogP contribution >= 0.6 is 23.2 Å². The Kier molecular flexibility index (Phi) is 4.92. The number of piperidine rings is 1. The lowest BCUT2D eigenvalue weighted by Gasteiger charge is -2.32. The van der Waals surface area contributed by atoms with E-state index < -0.39 is 15.8 Å². The van der Waals surface area contributed by atoms with Gasteiger partial charge in [0.25, 0.3) is 0 Å². The Balaban J connectivity index is 2.40. The highest BCUT2D eigenvalue weighted by Gasteiger charge is 2.33. The van der Waals surface area contributed by atoms with Gasteiger partial charge in [-0.3, -0.25) is 0 Å². The summed E-state index contributed by atoms with van der Waals surface area (Å²) in [6, 6.07) is 2.01. The lowest BCUT2D eigenvalue weighted by atomic mass is 10.1. The van der Waals surface area contributed by atoms with Crippen molar-refractivity contribution in [3.63, 3.8) is 0 Å². The lowest BCUT2D eigenvalue weighted by Crippen LogP contribution is -2.46. The van der Waals surface area contributed by atoms with Crippen LogP contribution in [0.25, 0.3) is 0 Å². The maximum atomic E-state index is 13.2. The van der Waals surface area contributed by atoms with Crippen LogP contribution in [0.4, 0.5) is 4.39 Å². The molecule has 1 aliphatic rings. The summed E-state index contributed by atoms with van der Waals surface area (Å²) in [5, 5.41) is 2.68. The molecule has 1 fully saturated rings. The maximum Gasteiger partial charge on any atom is 0.246 e. The maximum absolute atomic E-state index is 13.2. The minimum atomic E-state index is -3.82. The quantitative estimate of drug-likeness (QED) is 0.919. The van der Waals surface area contributed by atoms with E-state index in [2.05, 4.69) is 5.32 Å². The topological polar surface area (TPSA) is 49.4 Å². The normalized spacial score (nSPS) is 21.1. The molecular formula is C12H15Cl2FN2O2S. The van der Waals surface area contributed by atoms with Crippen molar-refractivity contribution in [1.82, 2.24) is 9.62 Å². The molecule has 1 aromatic carbocycles. The van der Waals surface area contributed by atoms with E-state index in [4.69, 9.17) is 23.2 Å². The third-order valence-corrected chi connectivity index (χ3v) is 6.14. The fraction of sp³-hybridized carbons (Fsp3) is 0.500. The summed E-state index contributed by atoms with van der Waals surface area (Å²) in [5.41, 5.74) is 0. The second-order valence-electron chi connectivity index (χ2n) is 4.69. The molecule has 0 saturated carbocycles. The third-order valence-electron chi connectivity index (χ3n) is 3.35. The van der Waals surface area contributed by atoms with Crippen LogP contribution < -0.4 is 5.32 Å². The number of nitrogens with zero attached hydrogens (tertiary/aromatic N) is 1. The van der Waals surface area contributed by atoms with E-state index in [9.17, 15) is 12.8 Å². The number of nitrogens with one attached hydrogen (secondary N) is 1. The van der Waals surface area contributed by atoms with Crippen molar-refractivity contribution in [2.24, 2.45) is 0 Å². The number of likely N-dealkylation sites (N-methyl/N-ethyl adjacent to an activating group) is 1. The van der Waals surface area contributed by atoms with Crippen molar-refractivity contribution < 1.29 is 12.8 Å². The van der Waals surface area contributed by atoms with Gasteiger partial charge in [0, 0.05) is 19.1 Å². The molecule has 1 aromatic rings. The average molecular weight is 341 g/mol. The molecule has 0 spiro atoms. The largest absolute Gasteiger partial charge is 0.316 e. The molecule has 1 heterocycles. The van der Waals surface area contributed by atoms with Gasteiger partial charge in [-0.05, 0) is 32.0 Å². The highest BCUT2D eigenvalue weighted by Crippen LogP contribution is 2.33. The Morgan fingerprint density at radius 2 is 1.95 bits per heavy atom. The van der Waals surface area contributed by atoms with Crippen LogP contribution in [0.15, 0.2) is 17.0 Å². The lowest BCUT2D eigenvalue weighted by molar-refractivity contribution is 0.293. The summed E-state index contributed by atoms with van der Waals surface area (Å²) in [4.78, 5) is -0.223. The van der Waals surface area contributed by atoms with E-state index in [-0.39, 0.29) is 21.0 Å². The number of hydrogen-bond acceptors (Lipinski definition) is 3. The molecule has 112 valence electrons. The van der Waals surface area contributed by atoms with Crippen LogP contribution in [-0.2, 0) is 10.0 Å². The molecule has 20 heavy (non-hydrogen) atoms. The van der Waals surface area contributed by atoms with Crippen molar-refractivity contribution in [1.29, 1.82) is 0 Å². The summed E-state index contributed by atoms with van der Waals surface area (Å²) in [6.45, 7) is 0.757. The van der Waals surface area contributed by atoms with Gasteiger partial charge in [0.2, 0.25) is 10.0 Å². The molecule has 8 heteroatoms. The smallest absolute Gasteiger partial charge is 0.246 e. The summed E-state index contributed by atoms with van der Waals surface area (Å²) >= 11 is 11.7. The van der Waals surface area contributed by atoms with Crippen LogP contribution in [-0.4, -0.2) is 38.9 Å². The molecule has 2 rings (SSSR count). The monoisotopic (exact) mass is 340 g/mol. The average Bonchev–Trinajstić information content (AvgIpc) is 2.37. The number of halogens is 3. The Labute approximate surface area is 127 Å². The van der Waals surface area contributed by atoms with E-state index in [1.54, 1.807) is 7.05 Å². The van der Waals surface area contributed by atoms with Crippen LogP contribution in [0.2, 0.25) is 10.0 Å². The fourth-order valence-electron chi connectivity index (χ4n) is 2.30. The van der Waals surface area contributed by atoms with Crippen LogP contribution in [0, 0.1) is 5.82 Å². The second-order valence-corrected chi connectivity index (χ2v) is 7.38. The molecular weight excluding hydrogens is 326 g/mol. The zero-order valence-corrected chi connectivity index (χ0v) is 13.2. The number of benzene rings is 1. The highest BCUT2D eigenvalue weighted by molar-refractivity contribution is 7.89. The first-order valence-electron chi connectivity index (χ1n) is 6.18. The molecule has 0 bridgehead atoms. The van der Waals surface area contributed by atoms with Gasteiger partial charge in [0.1, 0.15) is 10.7 Å². The molecule has 4 nitrogen and oxygen atoms in total. The van der Waals surface area contributed by atoms with Crippen molar-refractivity contribution >= 4 is 33.2 Å². The van der Waals surface area contributed by atoms with E-state index in [0.717, 1.165) is 25.0 Å². The van der Waals surface area contributed by atoms with Gasteiger partial charge in [-0.1, -0.05) is 23.2 Å². The number of sulfonamides is 1. The van der Waals surface area contributed by atoms with E-state index in [1.807, 2.05) is 0 Å². The van der Waals surface area contributed by atoms with Crippen molar-refractivity contribution in [3.05, 3.63) is 28.0 Å². The van der Waals surface area contributed by atoms with Crippen LogP contribution in [0.3, 0.4) is 0 Å². The van der Waals surface area contributed by atoms with E-state index in [0.29, 0.717) is 13.1 Å². The molecule has 1 unspecified atom stereocenters. The summed E-state index contributed by atoms with van der Waals surface area (Å²) in [5.74, 6) is -0.661. The predicted octanol–water partition coefficient (Wildman–Crippen LogP) is 2.51. The minimum absolute atomic E-state index is 0.0940. The van der Waals surface area contributed by atoms with Gasteiger partial charge in [0.05, 0.1) is 10.0 Å². The first-order valence-corrected chi connectivity index (χ1v) is 8.38. The summed E-state index contributed by atoms with van der Waals surface area (Å²) in [6.07, 6.45) is 1.66. The highest BCUT2D eigenvalue weighted by atomic mass is 35.5. The standard InChI is InChI=1S/C12H15Cl2FN2O2S/c1-16-9-3-2-4-17(7-9)20(18,19)12-10(13)5-8(15)6-11(12)14/h5-6,9,16H,2-4,7H2,1H3. The molecule has 1 atom stereocenters. The summed E-state index contributed by atoms with van der Waals surface area (Å²) in [7, 11) is -2.03. The first-order chi connectivity index (χ1) is 9.36. The van der Waals surface area contributed by atoms with Gasteiger partial charge in [-0.2, -0.15) is 4.31 Å². The fourth-order valence-corrected chi connectivity index (χ4v) is 4.96. The molecule has 1 N–H and O–H groups in total. The third kappa shape index (κ3) is 3.09. The molecule has 0 aliphatic carbocycles. The van der Waals surface area contributed by atoms with Gasteiger partial charge in [0.15, 0.2) is 0 Å². The van der Waals surface area contributed by atoms with Gasteiger partial charge >= 0.3 is 0 Å². The van der Waals surface area contributed by atoms with Gasteiger partial charge < -0.3 is 5.32 Å². The van der Waals surface area contributed by atoms with Gasteiger partial charge in [-0.15, -0.1) is 0 Å². The van der Waals surface area contributed by atoms with Crippen molar-refractivity contribution in [2.45, 2.75) is 23.8 Å². The van der Waals surface area contributed by atoms with Crippen LogP contribution in [0.5, 0.6) is 0 Å². The molecule has 0 radical (unpaired) electrons. The van der Waals surface area contributed by atoms with Gasteiger partial charge in [-0.25, -0.2) is 12.8 Å². The second kappa shape index (κ2) is 6.15. The summed E-state index contributed by atoms with van der Waals surface area (Å²) < 4.78 is 39.7. The van der Waals surface area contributed by atoms with E-state index in [1.165, 1.54) is 4.31 Å². The molecule has 1 aliphatic heterocycles. The van der Waals surface area contributed by atoms with Crippen molar-refractivity contribution in [3.8, 4) is 0 Å². The SMILES string of the molecule is CNC1CCCN(S(=O)(=O)c2c(Cl)cc(F)cc2Cl)C1. The molecule has 1 saturated heterocycles. The Morgan fingerprint density at radius 1 is 1.35 bits per heavy atom. The number of hydrogen-bond donors (Lipinski definition) is 1. The predicted molar refractivity (Wildman–Crippen MR) is 77.3 cm³/mol. The first kappa shape index (κ1) is 16.0. The molecule has 0 aromatic heterocycles. The van der Waals surface area contributed by atoms with Crippen molar-refractivity contribution in [2.75, 3.05) is 20.1 Å². The van der Waals surface area contributed by atoms with Crippen LogP contribution in [0.1, 0.15) is 12.8 Å². The minimum Gasteiger partial charge on any atom is -0.316 e. The van der Waals surface area contributed by atoms with E-state index >= 15 is 0 Å². The zero-order chi connectivity index (χ0) is 14.9. The Hall–Kier alpha value is -0.400. The number of rotatable bonds is 3. The molecule has 0 amide bonds. The Bertz CT molecular complexity index is 586.